The second-order valence-corrected chi connectivity index (χ2v) is 4.64. The molecule has 7 heteroatoms. The number of fused-ring (bicyclic) bond motifs is 1. The molecule has 0 saturated heterocycles. The summed E-state index contributed by atoms with van der Waals surface area (Å²) in [4.78, 5) is 4.12. The quantitative estimate of drug-likeness (QED) is 0.907. The Hall–Kier alpha value is -1.89. The Balaban J connectivity index is 1.87. The summed E-state index contributed by atoms with van der Waals surface area (Å²) >= 11 is 3.33. The molecule has 2 heterocycles. The Labute approximate surface area is 115 Å². The molecule has 0 atom stereocenters. The predicted octanol–water partition coefficient (Wildman–Crippen LogP) is 3.91. The maximum atomic E-state index is 12.9. The number of anilines is 2. The van der Waals surface area contributed by atoms with Crippen LogP contribution in [0.4, 0.5) is 20.3 Å². The summed E-state index contributed by atoms with van der Waals surface area (Å²) < 4.78 is 35.2. The van der Waals surface area contributed by atoms with Crippen molar-refractivity contribution in [1.29, 1.82) is 0 Å². The van der Waals surface area contributed by atoms with E-state index < -0.39 is 6.29 Å². The molecule has 2 aromatic rings. The number of nitrogens with zero attached hydrogens (tertiary/aromatic N) is 1. The van der Waals surface area contributed by atoms with E-state index >= 15 is 0 Å². The van der Waals surface area contributed by atoms with Crippen LogP contribution in [0.5, 0.6) is 11.5 Å². The van der Waals surface area contributed by atoms with Crippen molar-refractivity contribution >= 4 is 27.4 Å². The van der Waals surface area contributed by atoms with E-state index in [9.17, 15) is 8.78 Å². The highest BCUT2D eigenvalue weighted by Crippen LogP contribution is 2.42. The first-order chi connectivity index (χ1) is 9.03. The Morgan fingerprint density at radius 1 is 1.16 bits per heavy atom. The molecule has 0 fully saturated rings. The number of rotatable bonds is 2. The highest BCUT2D eigenvalue weighted by atomic mass is 79.9. The van der Waals surface area contributed by atoms with Gasteiger partial charge in [-0.25, -0.2) is 4.98 Å². The van der Waals surface area contributed by atoms with Gasteiger partial charge in [0.15, 0.2) is 11.5 Å². The van der Waals surface area contributed by atoms with Crippen molar-refractivity contribution in [3.05, 3.63) is 41.0 Å². The summed E-state index contributed by atoms with van der Waals surface area (Å²) in [5.74, 6) is 0.575. The number of aromatic nitrogens is 1. The summed E-state index contributed by atoms with van der Waals surface area (Å²) in [6.07, 6.45) is -1.99. The van der Waals surface area contributed by atoms with Crippen LogP contribution < -0.4 is 14.8 Å². The van der Waals surface area contributed by atoms with Crippen LogP contribution in [-0.2, 0) is 0 Å². The smallest absolute Gasteiger partial charge is 0.395 e. The molecule has 4 nitrogen and oxygen atoms in total. The van der Waals surface area contributed by atoms with Gasteiger partial charge in [0.2, 0.25) is 0 Å². The number of ether oxygens (including phenoxy) is 2. The maximum absolute atomic E-state index is 12.9. The summed E-state index contributed by atoms with van der Waals surface area (Å²) in [7, 11) is 0. The van der Waals surface area contributed by atoms with Crippen LogP contribution in [0.25, 0.3) is 0 Å². The predicted molar refractivity (Wildman–Crippen MR) is 67.9 cm³/mol. The normalized spacial score (nSPS) is 15.3. The first-order valence-electron chi connectivity index (χ1n) is 5.31. The summed E-state index contributed by atoms with van der Waals surface area (Å²) in [6, 6.07) is 8.03. The molecule has 19 heavy (non-hydrogen) atoms. The molecule has 1 aliphatic rings. The largest absolute Gasteiger partial charge is 0.586 e. The molecule has 0 unspecified atom stereocenters. The minimum absolute atomic E-state index is 0.00985. The molecule has 0 spiro atoms. The Kier molecular flexibility index (Phi) is 2.78. The van der Waals surface area contributed by atoms with Gasteiger partial charge < -0.3 is 14.8 Å². The van der Waals surface area contributed by atoms with Gasteiger partial charge in [-0.05, 0) is 40.2 Å². The van der Waals surface area contributed by atoms with Crippen LogP contribution >= 0.6 is 15.9 Å². The van der Waals surface area contributed by atoms with Gasteiger partial charge in [-0.1, -0.05) is 0 Å². The lowest BCUT2D eigenvalue weighted by molar-refractivity contribution is -0.286. The van der Waals surface area contributed by atoms with E-state index in [-0.39, 0.29) is 11.5 Å². The summed E-state index contributed by atoms with van der Waals surface area (Å²) in [5, 5.41) is 2.99. The highest BCUT2D eigenvalue weighted by molar-refractivity contribution is 9.10. The van der Waals surface area contributed by atoms with Gasteiger partial charge in [-0.3, -0.25) is 0 Å². The molecule has 0 saturated carbocycles. The van der Waals surface area contributed by atoms with Crippen LogP contribution in [0.3, 0.4) is 0 Å². The van der Waals surface area contributed by atoms with Gasteiger partial charge in [0, 0.05) is 18.0 Å². The minimum atomic E-state index is -3.60. The molecule has 1 aromatic carbocycles. The number of hydrogen-bond donors (Lipinski definition) is 1. The lowest BCUT2D eigenvalue weighted by Crippen LogP contribution is -2.25. The fourth-order valence-electron chi connectivity index (χ4n) is 1.64. The van der Waals surface area contributed by atoms with E-state index in [4.69, 9.17) is 0 Å². The number of pyridine rings is 1. The summed E-state index contributed by atoms with van der Waals surface area (Å²) in [5.41, 5.74) is 0.569. The molecule has 0 aliphatic carbocycles. The van der Waals surface area contributed by atoms with Crippen molar-refractivity contribution in [3.63, 3.8) is 0 Å². The van der Waals surface area contributed by atoms with E-state index in [1.807, 2.05) is 6.07 Å². The Morgan fingerprint density at radius 3 is 2.74 bits per heavy atom. The standard InChI is InChI=1S/C12H7BrF2N2O2/c13-8-2-1-5-16-11(8)17-7-3-4-9-10(6-7)19-12(14,15)18-9/h1-6H,(H,16,17). The fourth-order valence-corrected chi connectivity index (χ4v) is 2.00. The molecule has 0 amide bonds. The lowest BCUT2D eigenvalue weighted by Gasteiger charge is -2.07. The minimum Gasteiger partial charge on any atom is -0.395 e. The third-order valence-corrected chi connectivity index (χ3v) is 3.06. The zero-order chi connectivity index (χ0) is 13.5. The number of alkyl halides is 2. The maximum Gasteiger partial charge on any atom is 0.586 e. The average Bonchev–Trinajstić information content (AvgIpc) is 2.65. The number of benzene rings is 1. The third kappa shape index (κ3) is 2.46. The van der Waals surface area contributed by atoms with Gasteiger partial charge >= 0.3 is 6.29 Å². The summed E-state index contributed by atoms with van der Waals surface area (Å²) in [6.45, 7) is 0. The van der Waals surface area contributed by atoms with Crippen LogP contribution in [0.1, 0.15) is 0 Å². The van der Waals surface area contributed by atoms with Gasteiger partial charge in [0.25, 0.3) is 0 Å². The first-order valence-corrected chi connectivity index (χ1v) is 6.10. The van der Waals surface area contributed by atoms with Gasteiger partial charge in [-0.2, -0.15) is 0 Å². The number of nitrogens with one attached hydrogen (secondary N) is 1. The van der Waals surface area contributed by atoms with Crippen molar-refractivity contribution in [3.8, 4) is 11.5 Å². The SMILES string of the molecule is FC1(F)Oc2ccc(Nc3ncccc3Br)cc2O1. The van der Waals surface area contributed by atoms with Crippen molar-refractivity contribution < 1.29 is 18.3 Å². The van der Waals surface area contributed by atoms with Gasteiger partial charge in [0.1, 0.15) is 5.82 Å². The van der Waals surface area contributed by atoms with Crippen LogP contribution in [0.2, 0.25) is 0 Å². The highest BCUT2D eigenvalue weighted by Gasteiger charge is 2.43. The molecule has 1 aromatic heterocycles. The first kappa shape index (κ1) is 12.2. The topological polar surface area (TPSA) is 43.4 Å². The molecule has 1 N–H and O–H groups in total. The van der Waals surface area contributed by atoms with E-state index in [1.54, 1.807) is 18.3 Å². The zero-order valence-electron chi connectivity index (χ0n) is 9.36. The second kappa shape index (κ2) is 4.34. The van der Waals surface area contributed by atoms with Crippen molar-refractivity contribution in [2.75, 3.05) is 5.32 Å². The second-order valence-electron chi connectivity index (χ2n) is 3.79. The Bertz CT molecular complexity index is 637. The molecule has 98 valence electrons. The third-order valence-electron chi connectivity index (χ3n) is 2.42. The zero-order valence-corrected chi connectivity index (χ0v) is 10.9. The van der Waals surface area contributed by atoms with Crippen molar-refractivity contribution in [2.24, 2.45) is 0 Å². The molecule has 1 aliphatic heterocycles. The fraction of sp³-hybridized carbons (Fsp3) is 0.0833. The lowest BCUT2D eigenvalue weighted by atomic mass is 10.3. The van der Waals surface area contributed by atoms with E-state index in [0.29, 0.717) is 11.5 Å². The number of halogens is 3. The van der Waals surface area contributed by atoms with E-state index in [2.05, 4.69) is 35.7 Å². The van der Waals surface area contributed by atoms with Gasteiger partial charge in [-0.15, -0.1) is 8.78 Å². The van der Waals surface area contributed by atoms with E-state index in [0.717, 1.165) is 4.47 Å². The van der Waals surface area contributed by atoms with Gasteiger partial charge in [0.05, 0.1) is 4.47 Å². The Morgan fingerprint density at radius 2 is 1.95 bits per heavy atom. The van der Waals surface area contributed by atoms with Crippen LogP contribution in [0, 0.1) is 0 Å². The van der Waals surface area contributed by atoms with Crippen molar-refractivity contribution in [1.82, 2.24) is 4.98 Å². The molecule has 3 rings (SSSR count). The molecular weight excluding hydrogens is 322 g/mol. The molecule has 0 bridgehead atoms. The van der Waals surface area contributed by atoms with Crippen LogP contribution in [0.15, 0.2) is 41.0 Å². The average molecular weight is 329 g/mol. The molecule has 0 radical (unpaired) electrons. The monoisotopic (exact) mass is 328 g/mol. The van der Waals surface area contributed by atoms with E-state index in [1.165, 1.54) is 12.1 Å². The van der Waals surface area contributed by atoms with Crippen molar-refractivity contribution in [2.45, 2.75) is 6.29 Å². The number of hydrogen-bond acceptors (Lipinski definition) is 4. The van der Waals surface area contributed by atoms with Crippen LogP contribution in [-0.4, -0.2) is 11.3 Å². The molecular formula is C12H7BrF2N2O2.